The Labute approximate surface area is 144 Å². The van der Waals surface area contributed by atoms with Gasteiger partial charge in [-0.1, -0.05) is 18.0 Å². The Morgan fingerprint density at radius 3 is 2.76 bits per heavy atom. The van der Waals surface area contributed by atoms with Crippen LogP contribution in [0.1, 0.15) is 44.5 Å². The van der Waals surface area contributed by atoms with Crippen LogP contribution in [0.3, 0.4) is 0 Å². The summed E-state index contributed by atoms with van der Waals surface area (Å²) < 4.78 is 5.20. The molecule has 2 aromatic heterocycles. The fourth-order valence-corrected chi connectivity index (χ4v) is 2.95. The fourth-order valence-electron chi connectivity index (χ4n) is 2.95. The highest BCUT2D eigenvalue weighted by Crippen LogP contribution is 2.29. The summed E-state index contributed by atoms with van der Waals surface area (Å²) in [5.41, 5.74) is 5.21. The lowest BCUT2D eigenvalue weighted by Gasteiger charge is -2.27. The van der Waals surface area contributed by atoms with E-state index in [1.54, 1.807) is 25.4 Å². The fraction of sp³-hybridized carbons (Fsp3) is 0.438. The first-order chi connectivity index (χ1) is 12.0. The molecule has 1 fully saturated rings. The standard InChI is InChI=1S/C16H20N6O3/c1-10(13-20-12(22-25-13)11-5-4-8-18-9-11)19-15(24)21-16(14(17)23)6-2-3-7-16/h4-5,8-10H,2-3,6-7H2,1H3,(H2,17,23)(H2,19,21,24)/t10-/m0/s1. The number of nitrogens with zero attached hydrogens (tertiary/aromatic N) is 3. The van der Waals surface area contributed by atoms with Crippen LogP contribution < -0.4 is 16.4 Å². The number of nitrogens with two attached hydrogens (primary N) is 1. The zero-order chi connectivity index (χ0) is 17.9. The van der Waals surface area contributed by atoms with Crippen molar-refractivity contribution in [1.82, 2.24) is 25.8 Å². The number of hydrogen-bond donors (Lipinski definition) is 3. The van der Waals surface area contributed by atoms with Crippen molar-refractivity contribution in [2.45, 2.75) is 44.2 Å². The van der Waals surface area contributed by atoms with Crippen LogP contribution >= 0.6 is 0 Å². The molecule has 0 spiro atoms. The molecule has 132 valence electrons. The number of aromatic nitrogens is 3. The number of primary amides is 1. The predicted octanol–water partition coefficient (Wildman–Crippen LogP) is 1.29. The van der Waals surface area contributed by atoms with Crippen molar-refractivity contribution in [2.24, 2.45) is 5.73 Å². The van der Waals surface area contributed by atoms with Crippen LogP contribution in [0.2, 0.25) is 0 Å². The van der Waals surface area contributed by atoms with Gasteiger partial charge in [0, 0.05) is 18.0 Å². The molecule has 0 aliphatic heterocycles. The molecule has 9 heteroatoms. The molecule has 0 unspecified atom stereocenters. The summed E-state index contributed by atoms with van der Waals surface area (Å²) in [5, 5.41) is 9.29. The van der Waals surface area contributed by atoms with Crippen LogP contribution in [0.4, 0.5) is 4.79 Å². The average Bonchev–Trinajstić information content (AvgIpc) is 3.25. The van der Waals surface area contributed by atoms with Gasteiger partial charge >= 0.3 is 6.03 Å². The maximum atomic E-state index is 12.2. The topological polar surface area (TPSA) is 136 Å². The molecule has 0 radical (unpaired) electrons. The van der Waals surface area contributed by atoms with Crippen molar-refractivity contribution in [1.29, 1.82) is 0 Å². The lowest BCUT2D eigenvalue weighted by atomic mass is 9.97. The third kappa shape index (κ3) is 3.59. The second kappa shape index (κ2) is 6.88. The Morgan fingerprint density at radius 1 is 1.36 bits per heavy atom. The average molecular weight is 344 g/mol. The summed E-state index contributed by atoms with van der Waals surface area (Å²) in [7, 11) is 0. The van der Waals surface area contributed by atoms with E-state index in [1.165, 1.54) is 0 Å². The van der Waals surface area contributed by atoms with E-state index in [-0.39, 0.29) is 5.89 Å². The molecule has 2 heterocycles. The van der Waals surface area contributed by atoms with Crippen molar-refractivity contribution in [3.05, 3.63) is 30.4 Å². The second-order valence-corrected chi connectivity index (χ2v) is 6.17. The van der Waals surface area contributed by atoms with E-state index < -0.39 is 23.5 Å². The van der Waals surface area contributed by atoms with Gasteiger partial charge in [0.2, 0.25) is 17.6 Å². The van der Waals surface area contributed by atoms with Gasteiger partial charge in [-0.15, -0.1) is 0 Å². The molecule has 0 saturated heterocycles. The summed E-state index contributed by atoms with van der Waals surface area (Å²) in [4.78, 5) is 32.2. The van der Waals surface area contributed by atoms with Crippen LogP contribution in [0.15, 0.2) is 29.0 Å². The number of rotatable bonds is 5. The zero-order valence-corrected chi connectivity index (χ0v) is 13.9. The first-order valence-electron chi connectivity index (χ1n) is 8.13. The maximum Gasteiger partial charge on any atom is 0.316 e. The molecule has 3 rings (SSSR count). The van der Waals surface area contributed by atoms with E-state index in [1.807, 2.05) is 6.07 Å². The van der Waals surface area contributed by atoms with Gasteiger partial charge in [-0.2, -0.15) is 4.98 Å². The molecule has 1 atom stereocenters. The van der Waals surface area contributed by atoms with Gasteiger partial charge in [0.05, 0.1) is 0 Å². The minimum atomic E-state index is -0.973. The van der Waals surface area contributed by atoms with Crippen molar-refractivity contribution in [2.75, 3.05) is 0 Å². The minimum Gasteiger partial charge on any atom is -0.368 e. The van der Waals surface area contributed by atoms with Crippen molar-refractivity contribution in [3.63, 3.8) is 0 Å². The van der Waals surface area contributed by atoms with E-state index in [0.717, 1.165) is 12.8 Å². The quantitative estimate of drug-likeness (QED) is 0.747. The van der Waals surface area contributed by atoms with E-state index in [2.05, 4.69) is 25.8 Å². The van der Waals surface area contributed by atoms with Crippen molar-refractivity contribution in [3.8, 4) is 11.4 Å². The summed E-state index contributed by atoms with van der Waals surface area (Å²) in [5.74, 6) is 0.138. The Morgan fingerprint density at radius 2 is 2.12 bits per heavy atom. The molecule has 2 aromatic rings. The lowest BCUT2D eigenvalue weighted by molar-refractivity contribution is -0.123. The molecule has 1 aliphatic rings. The van der Waals surface area contributed by atoms with E-state index >= 15 is 0 Å². The highest BCUT2D eigenvalue weighted by molar-refractivity contribution is 5.90. The van der Waals surface area contributed by atoms with E-state index in [0.29, 0.717) is 24.2 Å². The summed E-state index contributed by atoms with van der Waals surface area (Å²) in [6.45, 7) is 1.71. The van der Waals surface area contributed by atoms with Gasteiger partial charge in [0.15, 0.2) is 0 Å². The van der Waals surface area contributed by atoms with Gasteiger partial charge in [-0.05, 0) is 31.9 Å². The number of carbonyl (C=O) groups excluding carboxylic acids is 2. The minimum absolute atomic E-state index is 0.258. The van der Waals surface area contributed by atoms with Gasteiger partial charge in [0.1, 0.15) is 11.6 Å². The molecule has 1 saturated carbocycles. The van der Waals surface area contributed by atoms with Crippen LogP contribution in [0.5, 0.6) is 0 Å². The third-order valence-electron chi connectivity index (χ3n) is 4.36. The van der Waals surface area contributed by atoms with Gasteiger partial charge < -0.3 is 20.9 Å². The molecule has 0 bridgehead atoms. The van der Waals surface area contributed by atoms with Gasteiger partial charge in [-0.3, -0.25) is 9.78 Å². The van der Waals surface area contributed by atoms with Crippen LogP contribution in [0, 0.1) is 0 Å². The van der Waals surface area contributed by atoms with E-state index in [9.17, 15) is 9.59 Å². The monoisotopic (exact) mass is 344 g/mol. The van der Waals surface area contributed by atoms with Crippen LogP contribution in [-0.2, 0) is 4.79 Å². The second-order valence-electron chi connectivity index (χ2n) is 6.17. The number of nitrogens with one attached hydrogen (secondary N) is 2. The van der Waals surface area contributed by atoms with Crippen LogP contribution in [-0.4, -0.2) is 32.6 Å². The summed E-state index contributed by atoms with van der Waals surface area (Å²) in [6, 6.07) is 2.56. The molecule has 4 N–H and O–H groups in total. The third-order valence-corrected chi connectivity index (χ3v) is 4.36. The molecular formula is C16H20N6O3. The maximum absolute atomic E-state index is 12.2. The number of pyridine rings is 1. The Hall–Kier alpha value is -2.97. The zero-order valence-electron chi connectivity index (χ0n) is 13.9. The number of hydrogen-bond acceptors (Lipinski definition) is 6. The van der Waals surface area contributed by atoms with Crippen molar-refractivity contribution >= 4 is 11.9 Å². The summed E-state index contributed by atoms with van der Waals surface area (Å²) in [6.07, 6.45) is 6.09. The van der Waals surface area contributed by atoms with Crippen LogP contribution in [0.25, 0.3) is 11.4 Å². The smallest absolute Gasteiger partial charge is 0.316 e. The molecule has 0 aromatic carbocycles. The molecule has 1 aliphatic carbocycles. The number of urea groups is 1. The first kappa shape index (κ1) is 16.9. The Balaban J connectivity index is 1.64. The molecule has 3 amide bonds. The highest BCUT2D eigenvalue weighted by atomic mass is 16.5. The van der Waals surface area contributed by atoms with Crippen molar-refractivity contribution < 1.29 is 14.1 Å². The largest absolute Gasteiger partial charge is 0.368 e. The number of amides is 3. The number of carbonyl (C=O) groups is 2. The summed E-state index contributed by atoms with van der Waals surface area (Å²) >= 11 is 0. The lowest BCUT2D eigenvalue weighted by Crippen LogP contribution is -2.58. The van der Waals surface area contributed by atoms with Gasteiger partial charge in [0.25, 0.3) is 0 Å². The first-order valence-corrected chi connectivity index (χ1v) is 8.13. The highest BCUT2D eigenvalue weighted by Gasteiger charge is 2.41. The molecule has 25 heavy (non-hydrogen) atoms. The van der Waals surface area contributed by atoms with Gasteiger partial charge in [-0.25, -0.2) is 4.79 Å². The Bertz CT molecular complexity index is 754. The molecule has 9 nitrogen and oxygen atoms in total. The Kier molecular flexibility index (Phi) is 4.64. The van der Waals surface area contributed by atoms with E-state index in [4.69, 9.17) is 10.3 Å². The molecular weight excluding hydrogens is 324 g/mol. The predicted molar refractivity (Wildman–Crippen MR) is 88.0 cm³/mol. The normalized spacial score (nSPS) is 17.0. The SMILES string of the molecule is C[C@H](NC(=O)NC1(C(N)=O)CCCC1)c1nc(-c2cccnc2)no1.